The third kappa shape index (κ3) is 4.79. The Morgan fingerprint density at radius 3 is 2.78 bits per heavy atom. The quantitative estimate of drug-likeness (QED) is 0.859. The van der Waals surface area contributed by atoms with Gasteiger partial charge in [-0.05, 0) is 43.7 Å². The van der Waals surface area contributed by atoms with Crippen LogP contribution in [0.25, 0.3) is 0 Å². The molecule has 0 aliphatic rings. The summed E-state index contributed by atoms with van der Waals surface area (Å²) in [6.07, 6.45) is 0. The number of carbonyl (C=O) groups excluding carboxylic acids is 1. The van der Waals surface area contributed by atoms with Gasteiger partial charge in [0, 0.05) is 5.56 Å². The van der Waals surface area contributed by atoms with Crippen LogP contribution in [0.1, 0.15) is 24.1 Å². The lowest BCUT2D eigenvalue weighted by atomic mass is 10.1. The number of halogens is 1. The number of carbonyl (C=O) groups is 1. The Morgan fingerprint density at radius 2 is 2.09 bits per heavy atom. The van der Waals surface area contributed by atoms with E-state index < -0.39 is 0 Å². The maximum absolute atomic E-state index is 13.2. The maximum atomic E-state index is 13.2. The second kappa shape index (κ2) is 7.74. The first-order valence-corrected chi connectivity index (χ1v) is 7.53. The van der Waals surface area contributed by atoms with Gasteiger partial charge in [0.25, 0.3) is 5.91 Å². The van der Waals surface area contributed by atoms with E-state index in [9.17, 15) is 9.18 Å². The lowest BCUT2D eigenvalue weighted by Crippen LogP contribution is -2.86. The first-order valence-electron chi connectivity index (χ1n) is 7.53. The number of nitrogens with two attached hydrogens (primary N) is 1. The van der Waals surface area contributed by atoms with E-state index in [0.717, 1.165) is 11.1 Å². The van der Waals surface area contributed by atoms with Crippen LogP contribution in [0.4, 0.5) is 10.1 Å². The number of quaternary nitrogens is 1. The number of anilines is 1. The van der Waals surface area contributed by atoms with Crippen LogP contribution in [0.3, 0.4) is 0 Å². The summed E-state index contributed by atoms with van der Waals surface area (Å²) in [5, 5.41) is 4.72. The van der Waals surface area contributed by atoms with E-state index in [1.807, 2.05) is 43.4 Å². The zero-order valence-electron chi connectivity index (χ0n) is 13.6. The minimum absolute atomic E-state index is 0.00384. The molecule has 0 aromatic heterocycles. The molecule has 0 radical (unpaired) electrons. The van der Waals surface area contributed by atoms with Crippen LogP contribution in [0.15, 0.2) is 42.5 Å². The molecule has 0 unspecified atom stereocenters. The van der Waals surface area contributed by atoms with Crippen molar-refractivity contribution in [3.63, 3.8) is 0 Å². The number of ether oxygens (including phenoxy) is 1. The van der Waals surface area contributed by atoms with Crippen molar-refractivity contribution >= 4 is 11.6 Å². The molecule has 0 fully saturated rings. The van der Waals surface area contributed by atoms with Gasteiger partial charge in [0.2, 0.25) is 0 Å². The lowest BCUT2D eigenvalue weighted by molar-refractivity contribution is -0.682. The Kier molecular flexibility index (Phi) is 5.71. The van der Waals surface area contributed by atoms with E-state index >= 15 is 0 Å². The van der Waals surface area contributed by atoms with Crippen molar-refractivity contribution in [3.05, 3.63) is 59.4 Å². The second-order valence-corrected chi connectivity index (χ2v) is 5.54. The smallest absolute Gasteiger partial charge is 0.279 e. The average molecular weight is 317 g/mol. The van der Waals surface area contributed by atoms with Crippen molar-refractivity contribution in [2.75, 3.05) is 19.0 Å². The number of aryl methyl sites for hydroxylation is 1. The average Bonchev–Trinajstić information content (AvgIpc) is 2.53. The van der Waals surface area contributed by atoms with Gasteiger partial charge in [-0.15, -0.1) is 0 Å². The predicted octanol–water partition coefficient (Wildman–Crippen LogP) is 2.41. The molecule has 1 atom stereocenters. The molecule has 1 amide bonds. The van der Waals surface area contributed by atoms with E-state index in [0.29, 0.717) is 11.4 Å². The van der Waals surface area contributed by atoms with Crippen LogP contribution in [-0.2, 0) is 4.79 Å². The van der Waals surface area contributed by atoms with Crippen molar-refractivity contribution in [2.24, 2.45) is 0 Å². The Balaban J connectivity index is 1.94. The molecule has 0 aliphatic heterocycles. The molecule has 0 spiro atoms. The van der Waals surface area contributed by atoms with Crippen molar-refractivity contribution in [3.8, 4) is 5.75 Å². The van der Waals surface area contributed by atoms with Crippen molar-refractivity contribution in [1.29, 1.82) is 0 Å². The number of methoxy groups -OCH3 is 1. The van der Waals surface area contributed by atoms with Crippen molar-refractivity contribution in [1.82, 2.24) is 0 Å². The number of amides is 1. The van der Waals surface area contributed by atoms with Gasteiger partial charge in [-0.2, -0.15) is 0 Å². The van der Waals surface area contributed by atoms with Crippen LogP contribution in [0.5, 0.6) is 5.75 Å². The largest absolute Gasteiger partial charge is 0.495 e. The highest BCUT2D eigenvalue weighted by Gasteiger charge is 2.13. The molecule has 0 aliphatic carbocycles. The standard InChI is InChI=1S/C18H21FN2O2/c1-12-7-8-17(23-3)16(9-12)21-18(22)11-20-13(2)14-5-4-6-15(19)10-14/h4-10,13,20H,11H2,1-3H3,(H,21,22)/p+1/t13-/m1/s1. The number of rotatable bonds is 6. The van der Waals surface area contributed by atoms with Crippen LogP contribution in [0.2, 0.25) is 0 Å². The highest BCUT2D eigenvalue weighted by Crippen LogP contribution is 2.24. The monoisotopic (exact) mass is 317 g/mol. The molecule has 0 bridgehead atoms. The molecule has 2 aromatic rings. The van der Waals surface area contributed by atoms with Gasteiger partial charge in [-0.3, -0.25) is 4.79 Å². The Bertz CT molecular complexity index is 688. The van der Waals surface area contributed by atoms with Gasteiger partial charge in [0.05, 0.1) is 12.8 Å². The van der Waals surface area contributed by atoms with Crippen LogP contribution in [-0.4, -0.2) is 19.6 Å². The minimum atomic E-state index is -0.267. The van der Waals surface area contributed by atoms with Gasteiger partial charge in [0.1, 0.15) is 17.6 Å². The third-order valence-corrected chi connectivity index (χ3v) is 3.66. The zero-order chi connectivity index (χ0) is 16.8. The molecular weight excluding hydrogens is 295 g/mol. The fourth-order valence-corrected chi connectivity index (χ4v) is 2.33. The summed E-state index contributed by atoms with van der Waals surface area (Å²) in [6, 6.07) is 12.0. The van der Waals surface area contributed by atoms with E-state index in [1.54, 1.807) is 13.2 Å². The fourth-order valence-electron chi connectivity index (χ4n) is 2.33. The molecule has 0 saturated heterocycles. The normalized spacial score (nSPS) is 11.8. The summed E-state index contributed by atoms with van der Waals surface area (Å²) < 4.78 is 18.5. The zero-order valence-corrected chi connectivity index (χ0v) is 13.6. The molecule has 5 heteroatoms. The van der Waals surface area contributed by atoms with Gasteiger partial charge in [-0.1, -0.05) is 18.2 Å². The SMILES string of the molecule is COc1ccc(C)cc1NC(=O)C[NH2+][C@H](C)c1cccc(F)c1. The van der Waals surface area contributed by atoms with E-state index in [-0.39, 0.29) is 24.3 Å². The predicted molar refractivity (Wildman–Crippen MR) is 88.0 cm³/mol. The lowest BCUT2D eigenvalue weighted by Gasteiger charge is -2.13. The molecule has 122 valence electrons. The first-order chi connectivity index (χ1) is 11.0. The number of hydrogen-bond acceptors (Lipinski definition) is 2. The Labute approximate surface area is 135 Å². The van der Waals surface area contributed by atoms with E-state index in [4.69, 9.17) is 4.74 Å². The first kappa shape index (κ1) is 17.0. The van der Waals surface area contributed by atoms with Gasteiger partial charge < -0.3 is 15.4 Å². The molecule has 3 N–H and O–H groups in total. The molecule has 2 rings (SSSR count). The molecule has 4 nitrogen and oxygen atoms in total. The Hall–Kier alpha value is -2.40. The molecular formula is C18H22FN2O2+. The van der Waals surface area contributed by atoms with E-state index in [2.05, 4.69) is 5.32 Å². The fraction of sp³-hybridized carbons (Fsp3) is 0.278. The topological polar surface area (TPSA) is 54.9 Å². The van der Waals surface area contributed by atoms with Gasteiger partial charge >= 0.3 is 0 Å². The summed E-state index contributed by atoms with van der Waals surface area (Å²) >= 11 is 0. The van der Waals surface area contributed by atoms with Crippen LogP contribution >= 0.6 is 0 Å². The molecule has 2 aromatic carbocycles. The van der Waals surface area contributed by atoms with Crippen molar-refractivity contribution < 1.29 is 19.2 Å². The van der Waals surface area contributed by atoms with Crippen LogP contribution in [0, 0.1) is 12.7 Å². The molecule has 0 heterocycles. The van der Waals surface area contributed by atoms with Crippen molar-refractivity contribution in [2.45, 2.75) is 19.9 Å². The maximum Gasteiger partial charge on any atom is 0.279 e. The molecule has 0 saturated carbocycles. The number of hydrogen-bond donors (Lipinski definition) is 2. The van der Waals surface area contributed by atoms with Crippen LogP contribution < -0.4 is 15.4 Å². The number of nitrogens with one attached hydrogen (secondary N) is 1. The minimum Gasteiger partial charge on any atom is -0.495 e. The van der Waals surface area contributed by atoms with Gasteiger partial charge in [0.15, 0.2) is 6.54 Å². The highest BCUT2D eigenvalue weighted by molar-refractivity contribution is 5.93. The summed E-state index contributed by atoms with van der Waals surface area (Å²) in [6.45, 7) is 4.14. The third-order valence-electron chi connectivity index (χ3n) is 3.66. The highest BCUT2D eigenvalue weighted by atomic mass is 19.1. The number of benzene rings is 2. The Morgan fingerprint density at radius 1 is 1.30 bits per heavy atom. The summed E-state index contributed by atoms with van der Waals surface area (Å²) in [5.74, 6) is 0.232. The van der Waals surface area contributed by atoms with Gasteiger partial charge in [-0.25, -0.2) is 4.39 Å². The molecule has 23 heavy (non-hydrogen) atoms. The van der Waals surface area contributed by atoms with E-state index in [1.165, 1.54) is 12.1 Å². The summed E-state index contributed by atoms with van der Waals surface area (Å²) in [5.41, 5.74) is 2.55. The second-order valence-electron chi connectivity index (χ2n) is 5.54. The summed E-state index contributed by atoms with van der Waals surface area (Å²) in [7, 11) is 1.57. The summed E-state index contributed by atoms with van der Waals surface area (Å²) in [4.78, 5) is 12.1.